The molecule has 4 atom stereocenters. The molecule has 3 heterocycles. The average molecular weight is 514 g/mol. The second-order valence-corrected chi connectivity index (χ2v) is 12.5. The predicted molar refractivity (Wildman–Crippen MR) is 135 cm³/mol. The van der Waals surface area contributed by atoms with Gasteiger partial charge in [0.15, 0.2) is 0 Å². The van der Waals surface area contributed by atoms with Crippen LogP contribution in [0.5, 0.6) is 0 Å². The van der Waals surface area contributed by atoms with Crippen molar-refractivity contribution < 1.29 is 27.8 Å². The number of carboxylic acid groups (broad SMARTS) is 1. The number of carboxylic acids is 1. The van der Waals surface area contributed by atoms with Gasteiger partial charge in [0.25, 0.3) is 0 Å². The van der Waals surface area contributed by atoms with Gasteiger partial charge in [-0.05, 0) is 55.4 Å². The summed E-state index contributed by atoms with van der Waals surface area (Å²) in [5, 5.41) is 9.98. The van der Waals surface area contributed by atoms with E-state index in [9.17, 15) is 23.4 Å². The summed E-state index contributed by atoms with van der Waals surface area (Å²) in [6, 6.07) is 10.6. The third kappa shape index (κ3) is 4.49. The molecule has 0 amide bonds. The number of aromatic nitrogens is 2. The van der Waals surface area contributed by atoms with Crippen LogP contribution in [0.25, 0.3) is 22.8 Å². The highest BCUT2D eigenvalue weighted by Gasteiger charge is 2.51. The van der Waals surface area contributed by atoms with E-state index in [2.05, 4.69) is 9.88 Å². The van der Waals surface area contributed by atoms with E-state index < -0.39 is 28.3 Å². The quantitative estimate of drug-likeness (QED) is 0.419. The van der Waals surface area contributed by atoms with Crippen LogP contribution in [0.1, 0.15) is 30.9 Å². The van der Waals surface area contributed by atoms with Gasteiger partial charge in [0.1, 0.15) is 23.0 Å². The number of rotatable bonds is 5. The predicted octanol–water partition coefficient (Wildman–Crippen LogP) is 5.33. The fourth-order valence-corrected chi connectivity index (χ4v) is 6.88. The molecule has 2 aliphatic carbocycles. The van der Waals surface area contributed by atoms with Gasteiger partial charge in [0.05, 0.1) is 23.6 Å². The molecule has 3 aliphatic rings. The zero-order valence-corrected chi connectivity index (χ0v) is 20.4. The molecule has 190 valence electrons. The number of hydrogen-bond donors (Lipinski definition) is 3. The van der Waals surface area contributed by atoms with Crippen LogP contribution in [0.3, 0.4) is 0 Å². The molecule has 1 aliphatic heterocycles. The van der Waals surface area contributed by atoms with Crippen LogP contribution in [-0.2, 0) is 4.79 Å². The summed E-state index contributed by atoms with van der Waals surface area (Å²) in [6.45, 7) is 1.14. The number of benzene rings is 1. The zero-order chi connectivity index (χ0) is 25.0. The second kappa shape index (κ2) is 8.86. The summed E-state index contributed by atoms with van der Waals surface area (Å²) in [4.78, 5) is 23.1. The van der Waals surface area contributed by atoms with Gasteiger partial charge in [0.2, 0.25) is 5.89 Å². The maximum atomic E-state index is 13.5. The Labute approximate surface area is 209 Å². The number of anilines is 1. The van der Waals surface area contributed by atoms with Crippen molar-refractivity contribution in [1.82, 2.24) is 9.97 Å². The molecule has 8 nitrogen and oxygen atoms in total. The Morgan fingerprint density at radius 1 is 1.03 bits per heavy atom. The minimum Gasteiger partial charge on any atom is -0.481 e. The first kappa shape index (κ1) is 23.4. The van der Waals surface area contributed by atoms with E-state index in [1.165, 1.54) is 12.1 Å². The molecular weight excluding hydrogens is 485 g/mol. The number of fused-ring (bicyclic) bond motifs is 1. The second-order valence-electron chi connectivity index (χ2n) is 10.1. The van der Waals surface area contributed by atoms with Crippen molar-refractivity contribution in [1.29, 1.82) is 0 Å². The summed E-state index contributed by atoms with van der Waals surface area (Å²) in [6.07, 6.45) is 3.56. The van der Waals surface area contributed by atoms with Crippen LogP contribution in [0.15, 0.2) is 47.0 Å². The van der Waals surface area contributed by atoms with Crippen molar-refractivity contribution in [2.75, 3.05) is 29.5 Å². The van der Waals surface area contributed by atoms with Gasteiger partial charge >= 0.3 is 5.97 Å². The maximum absolute atomic E-state index is 13.5. The normalized spacial score (nSPS) is 27.8. The highest BCUT2D eigenvalue weighted by atomic mass is 32.3. The molecule has 2 aromatic heterocycles. The Morgan fingerprint density at radius 3 is 2.42 bits per heavy atom. The van der Waals surface area contributed by atoms with Crippen molar-refractivity contribution in [3.63, 3.8) is 0 Å². The van der Waals surface area contributed by atoms with Gasteiger partial charge in [0, 0.05) is 30.3 Å². The molecule has 3 aromatic rings. The van der Waals surface area contributed by atoms with Crippen LogP contribution in [-0.4, -0.2) is 54.7 Å². The fourth-order valence-electron chi connectivity index (χ4n) is 5.65. The van der Waals surface area contributed by atoms with Gasteiger partial charge in [-0.2, -0.15) is 10.6 Å². The van der Waals surface area contributed by atoms with Crippen LogP contribution in [0, 0.1) is 23.6 Å². The Bertz CT molecular complexity index is 1270. The molecule has 0 bridgehead atoms. The average Bonchev–Trinajstić information content (AvgIpc) is 3.50. The van der Waals surface area contributed by atoms with Crippen molar-refractivity contribution in [2.45, 2.75) is 25.2 Å². The first-order valence-corrected chi connectivity index (χ1v) is 14.1. The van der Waals surface area contributed by atoms with E-state index in [0.29, 0.717) is 60.0 Å². The lowest BCUT2D eigenvalue weighted by Crippen LogP contribution is -2.38. The molecule has 0 spiro atoms. The summed E-state index contributed by atoms with van der Waals surface area (Å²) in [5.74, 6) is 0.392. The van der Waals surface area contributed by atoms with Crippen LogP contribution in [0.4, 0.5) is 10.1 Å². The van der Waals surface area contributed by atoms with Crippen molar-refractivity contribution >= 4 is 22.2 Å². The number of oxazole rings is 1. The number of halogens is 1. The molecule has 0 radical (unpaired) electrons. The Hall–Kier alpha value is -2.95. The number of carbonyl (C=O) groups is 1. The smallest absolute Gasteiger partial charge is 0.307 e. The molecule has 1 aromatic carbocycles. The van der Waals surface area contributed by atoms with Gasteiger partial charge in [-0.15, -0.1) is 0 Å². The van der Waals surface area contributed by atoms with Crippen molar-refractivity contribution in [3.8, 4) is 22.8 Å². The molecule has 36 heavy (non-hydrogen) atoms. The third-order valence-corrected chi connectivity index (χ3v) is 9.48. The van der Waals surface area contributed by atoms with E-state index in [4.69, 9.17) is 9.40 Å². The molecule has 2 unspecified atom stereocenters. The lowest BCUT2D eigenvalue weighted by molar-refractivity contribution is -0.143. The van der Waals surface area contributed by atoms with E-state index in [1.807, 2.05) is 24.3 Å². The Morgan fingerprint density at radius 2 is 1.75 bits per heavy atom. The largest absolute Gasteiger partial charge is 0.481 e. The topological polar surface area (TPSA) is 120 Å². The number of pyridine rings is 1. The molecule has 1 saturated heterocycles. The van der Waals surface area contributed by atoms with Crippen LogP contribution in [0.2, 0.25) is 0 Å². The van der Waals surface area contributed by atoms with Gasteiger partial charge < -0.3 is 14.4 Å². The SMILES string of the molecule is O=C(O)[C@@H]1CC2CC2C[C@H]1c1oc(-c2ccc(F)cn2)nc1-c1ccc(N2CCS(O)(O)CC2)cc1. The van der Waals surface area contributed by atoms with E-state index in [1.54, 1.807) is 0 Å². The van der Waals surface area contributed by atoms with Gasteiger partial charge in [-0.3, -0.25) is 13.9 Å². The Kier molecular flexibility index (Phi) is 5.77. The number of aliphatic carboxylic acids is 1. The number of nitrogens with zero attached hydrogens (tertiary/aromatic N) is 3. The first-order chi connectivity index (χ1) is 17.3. The van der Waals surface area contributed by atoms with Crippen LogP contribution >= 0.6 is 10.6 Å². The summed E-state index contributed by atoms with van der Waals surface area (Å²) in [7, 11) is -2.47. The lowest BCUT2D eigenvalue weighted by Gasteiger charge is -2.41. The molecule has 6 rings (SSSR count). The van der Waals surface area contributed by atoms with Crippen molar-refractivity contribution in [2.24, 2.45) is 17.8 Å². The summed E-state index contributed by atoms with van der Waals surface area (Å²) in [5.41, 5.74) is 2.75. The summed E-state index contributed by atoms with van der Waals surface area (Å²) >= 11 is 0. The van der Waals surface area contributed by atoms with Crippen LogP contribution < -0.4 is 4.90 Å². The summed E-state index contributed by atoms with van der Waals surface area (Å²) < 4.78 is 39.5. The van der Waals surface area contributed by atoms with E-state index in [0.717, 1.165) is 30.3 Å². The highest BCUT2D eigenvalue weighted by molar-refractivity contribution is 8.24. The Balaban J connectivity index is 1.36. The zero-order valence-electron chi connectivity index (χ0n) is 19.6. The lowest BCUT2D eigenvalue weighted by atomic mass is 9.77. The molecule has 10 heteroatoms. The molecule has 3 fully saturated rings. The minimum atomic E-state index is -2.47. The highest BCUT2D eigenvalue weighted by Crippen LogP contribution is 2.57. The van der Waals surface area contributed by atoms with Gasteiger partial charge in [-0.25, -0.2) is 14.4 Å². The van der Waals surface area contributed by atoms with E-state index >= 15 is 0 Å². The molecule has 2 saturated carbocycles. The minimum absolute atomic E-state index is 0.243. The maximum Gasteiger partial charge on any atom is 0.307 e. The first-order valence-electron chi connectivity index (χ1n) is 12.2. The number of hydrogen-bond acceptors (Lipinski definition) is 7. The standard InChI is InChI=1S/C26H28FN3O5S/c27-18-3-6-22(28-14-18)25-29-23(24(35-25)20-12-16-11-17(16)13-21(20)26(31)32)15-1-4-19(5-2-15)30-7-9-36(33,34)10-8-30/h1-6,14,16-17,20-21,33-34H,7-13H2,(H,31,32)/t16?,17?,20-,21-/m1/s1. The van der Waals surface area contributed by atoms with E-state index in [-0.39, 0.29) is 11.8 Å². The van der Waals surface area contributed by atoms with Gasteiger partial charge in [-0.1, -0.05) is 12.1 Å². The fraction of sp³-hybridized carbons (Fsp3) is 0.423. The third-order valence-electron chi connectivity index (χ3n) is 7.80. The molecular formula is C26H28FN3O5S. The molecule has 3 N–H and O–H groups in total. The van der Waals surface area contributed by atoms with Crippen molar-refractivity contribution in [3.05, 3.63) is 54.2 Å². The monoisotopic (exact) mass is 513 g/mol.